The summed E-state index contributed by atoms with van der Waals surface area (Å²) in [5.74, 6) is 0.796. The number of methoxy groups -OCH3 is 1. The molecule has 0 saturated heterocycles. The standard InChI is InChI=1S/C19H19ClN2O4/c1-25-16-5-3-2-4-13(16)8-9-21-18(23)11-22-15-10-14(20)6-7-17(15)26-12-19(22)24/h2-7,10H,8-9,11-12H2,1H3,(H,21,23). The molecule has 2 aromatic rings. The number of carbonyl (C=O) groups excluding carboxylic acids is 2. The predicted molar refractivity (Wildman–Crippen MR) is 99.0 cm³/mol. The van der Waals surface area contributed by atoms with Crippen LogP contribution in [-0.4, -0.2) is 38.6 Å². The first-order valence-electron chi connectivity index (χ1n) is 8.20. The van der Waals surface area contributed by atoms with E-state index in [9.17, 15) is 9.59 Å². The Kier molecular flexibility index (Phi) is 5.63. The number of hydrogen-bond acceptors (Lipinski definition) is 4. The molecule has 0 saturated carbocycles. The summed E-state index contributed by atoms with van der Waals surface area (Å²) in [4.78, 5) is 25.8. The number of amides is 2. The van der Waals surface area contributed by atoms with Crippen LogP contribution in [-0.2, 0) is 16.0 Å². The van der Waals surface area contributed by atoms with Crippen LogP contribution >= 0.6 is 11.6 Å². The number of para-hydroxylation sites is 1. The predicted octanol–water partition coefficient (Wildman–Crippen LogP) is 2.43. The maximum absolute atomic E-state index is 12.3. The Labute approximate surface area is 156 Å². The van der Waals surface area contributed by atoms with Gasteiger partial charge in [0.15, 0.2) is 6.61 Å². The van der Waals surface area contributed by atoms with Crippen LogP contribution in [0.3, 0.4) is 0 Å². The van der Waals surface area contributed by atoms with Crippen molar-refractivity contribution >= 4 is 29.1 Å². The van der Waals surface area contributed by atoms with Crippen LogP contribution in [0.15, 0.2) is 42.5 Å². The van der Waals surface area contributed by atoms with Gasteiger partial charge in [-0.25, -0.2) is 0 Å². The third-order valence-corrected chi connectivity index (χ3v) is 4.31. The van der Waals surface area contributed by atoms with Crippen LogP contribution in [0, 0.1) is 0 Å². The fourth-order valence-electron chi connectivity index (χ4n) is 2.79. The van der Waals surface area contributed by atoms with Crippen molar-refractivity contribution in [2.45, 2.75) is 6.42 Å². The molecule has 0 unspecified atom stereocenters. The average Bonchev–Trinajstić information content (AvgIpc) is 2.64. The Hall–Kier alpha value is -2.73. The first kappa shape index (κ1) is 18.1. The molecular formula is C19H19ClN2O4. The summed E-state index contributed by atoms with van der Waals surface area (Å²) >= 11 is 6.00. The van der Waals surface area contributed by atoms with Gasteiger partial charge >= 0.3 is 0 Å². The minimum atomic E-state index is -0.278. The molecular weight excluding hydrogens is 356 g/mol. The van der Waals surface area contributed by atoms with Gasteiger partial charge in [0.2, 0.25) is 5.91 Å². The van der Waals surface area contributed by atoms with E-state index in [1.165, 1.54) is 4.90 Å². The number of fused-ring (bicyclic) bond motifs is 1. The molecule has 26 heavy (non-hydrogen) atoms. The third-order valence-electron chi connectivity index (χ3n) is 4.07. The van der Waals surface area contributed by atoms with Gasteiger partial charge in [0.05, 0.1) is 12.8 Å². The number of anilines is 1. The highest BCUT2D eigenvalue weighted by atomic mass is 35.5. The van der Waals surface area contributed by atoms with Crippen LogP contribution in [0.4, 0.5) is 5.69 Å². The molecule has 2 amide bonds. The second kappa shape index (κ2) is 8.10. The van der Waals surface area contributed by atoms with E-state index >= 15 is 0 Å². The van der Waals surface area contributed by atoms with Gasteiger partial charge < -0.3 is 14.8 Å². The Balaban J connectivity index is 1.60. The molecule has 0 aliphatic carbocycles. The molecule has 2 aromatic carbocycles. The molecule has 0 radical (unpaired) electrons. The van der Waals surface area contributed by atoms with E-state index < -0.39 is 0 Å². The molecule has 6 nitrogen and oxygen atoms in total. The molecule has 1 N–H and O–H groups in total. The van der Waals surface area contributed by atoms with Crippen LogP contribution in [0.2, 0.25) is 5.02 Å². The summed E-state index contributed by atoms with van der Waals surface area (Å²) in [5, 5.41) is 3.31. The lowest BCUT2D eigenvalue weighted by atomic mass is 10.1. The lowest BCUT2D eigenvalue weighted by Gasteiger charge is -2.29. The Morgan fingerprint density at radius 2 is 2.12 bits per heavy atom. The van der Waals surface area contributed by atoms with Crippen molar-refractivity contribution in [1.82, 2.24) is 5.32 Å². The molecule has 0 aromatic heterocycles. The van der Waals surface area contributed by atoms with Crippen LogP contribution < -0.4 is 19.7 Å². The van der Waals surface area contributed by atoms with E-state index in [2.05, 4.69) is 5.32 Å². The van der Waals surface area contributed by atoms with Gasteiger partial charge in [-0.2, -0.15) is 0 Å². The lowest BCUT2D eigenvalue weighted by molar-refractivity contribution is -0.125. The van der Waals surface area contributed by atoms with Crippen molar-refractivity contribution in [2.24, 2.45) is 0 Å². The van der Waals surface area contributed by atoms with Gasteiger partial charge in [0.1, 0.15) is 18.0 Å². The van der Waals surface area contributed by atoms with Gasteiger partial charge in [-0.3, -0.25) is 14.5 Å². The summed E-state index contributed by atoms with van der Waals surface area (Å²) in [6.45, 7) is 0.269. The minimum absolute atomic E-state index is 0.0819. The number of ether oxygens (including phenoxy) is 2. The van der Waals surface area contributed by atoms with Crippen molar-refractivity contribution in [2.75, 3.05) is 31.7 Å². The zero-order valence-electron chi connectivity index (χ0n) is 14.3. The average molecular weight is 375 g/mol. The van der Waals surface area contributed by atoms with Gasteiger partial charge in [-0.1, -0.05) is 29.8 Å². The monoisotopic (exact) mass is 374 g/mol. The van der Waals surface area contributed by atoms with Crippen molar-refractivity contribution in [1.29, 1.82) is 0 Å². The molecule has 0 bridgehead atoms. The van der Waals surface area contributed by atoms with Gasteiger partial charge in [0, 0.05) is 11.6 Å². The van der Waals surface area contributed by atoms with Crippen LogP contribution in [0.1, 0.15) is 5.56 Å². The van der Waals surface area contributed by atoms with Crippen molar-refractivity contribution in [3.63, 3.8) is 0 Å². The maximum Gasteiger partial charge on any atom is 0.265 e. The van der Waals surface area contributed by atoms with E-state index in [4.69, 9.17) is 21.1 Å². The molecule has 136 valence electrons. The molecule has 3 rings (SSSR count). The highest BCUT2D eigenvalue weighted by Crippen LogP contribution is 2.34. The number of rotatable bonds is 6. The SMILES string of the molecule is COc1ccccc1CCNC(=O)CN1C(=O)COc2ccc(Cl)cc21. The largest absolute Gasteiger partial charge is 0.496 e. The Morgan fingerprint density at radius 3 is 2.92 bits per heavy atom. The first-order chi connectivity index (χ1) is 12.6. The summed E-state index contributed by atoms with van der Waals surface area (Å²) in [7, 11) is 1.62. The summed E-state index contributed by atoms with van der Waals surface area (Å²) < 4.78 is 10.7. The number of benzene rings is 2. The maximum atomic E-state index is 12.3. The number of nitrogens with zero attached hydrogens (tertiary/aromatic N) is 1. The zero-order valence-corrected chi connectivity index (χ0v) is 15.1. The Bertz CT molecular complexity index is 825. The van der Waals surface area contributed by atoms with E-state index in [1.807, 2.05) is 24.3 Å². The van der Waals surface area contributed by atoms with E-state index in [0.29, 0.717) is 29.4 Å². The van der Waals surface area contributed by atoms with Gasteiger partial charge in [0.25, 0.3) is 5.91 Å². The molecule has 1 heterocycles. The van der Waals surface area contributed by atoms with E-state index in [0.717, 1.165) is 11.3 Å². The molecule has 0 spiro atoms. The molecule has 7 heteroatoms. The Morgan fingerprint density at radius 1 is 1.31 bits per heavy atom. The number of nitrogens with one attached hydrogen (secondary N) is 1. The molecule has 0 fully saturated rings. The van der Waals surface area contributed by atoms with Crippen molar-refractivity contribution < 1.29 is 19.1 Å². The van der Waals surface area contributed by atoms with Gasteiger partial charge in [-0.15, -0.1) is 0 Å². The number of carbonyl (C=O) groups is 2. The molecule has 1 aliphatic rings. The summed E-state index contributed by atoms with van der Waals surface area (Å²) in [6, 6.07) is 12.6. The third kappa shape index (κ3) is 4.08. The topological polar surface area (TPSA) is 67.9 Å². The summed E-state index contributed by atoms with van der Waals surface area (Å²) in [5.41, 5.74) is 1.52. The summed E-state index contributed by atoms with van der Waals surface area (Å²) in [6.07, 6.45) is 0.634. The highest BCUT2D eigenvalue weighted by Gasteiger charge is 2.27. The van der Waals surface area contributed by atoms with Gasteiger partial charge in [-0.05, 0) is 36.2 Å². The number of halogens is 1. The fraction of sp³-hybridized carbons (Fsp3) is 0.263. The fourth-order valence-corrected chi connectivity index (χ4v) is 2.96. The first-order valence-corrected chi connectivity index (χ1v) is 8.57. The smallest absolute Gasteiger partial charge is 0.265 e. The second-order valence-electron chi connectivity index (χ2n) is 5.79. The molecule has 1 aliphatic heterocycles. The highest BCUT2D eigenvalue weighted by molar-refractivity contribution is 6.31. The van der Waals surface area contributed by atoms with E-state index in [1.54, 1.807) is 25.3 Å². The minimum Gasteiger partial charge on any atom is -0.496 e. The van der Waals surface area contributed by atoms with Crippen molar-refractivity contribution in [3.05, 3.63) is 53.1 Å². The van der Waals surface area contributed by atoms with Crippen LogP contribution in [0.5, 0.6) is 11.5 Å². The molecule has 0 atom stereocenters. The van der Waals surface area contributed by atoms with Crippen molar-refractivity contribution in [3.8, 4) is 11.5 Å². The van der Waals surface area contributed by atoms with E-state index in [-0.39, 0.29) is 25.0 Å². The quantitative estimate of drug-likeness (QED) is 0.843. The van der Waals surface area contributed by atoms with Crippen LogP contribution in [0.25, 0.3) is 0 Å². The second-order valence-corrected chi connectivity index (χ2v) is 6.23. The number of hydrogen-bond donors (Lipinski definition) is 1. The zero-order chi connectivity index (χ0) is 18.5. The lowest BCUT2D eigenvalue weighted by Crippen LogP contribution is -2.45. The normalized spacial score (nSPS) is 13.0.